The van der Waals surface area contributed by atoms with E-state index in [1.165, 1.54) is 24.3 Å². The third kappa shape index (κ3) is 6.11. The molecule has 0 saturated carbocycles. The lowest BCUT2D eigenvalue weighted by Crippen LogP contribution is -2.40. The molecule has 2 aromatic carbocycles. The number of nitrogens with two attached hydrogens (primary N) is 1. The highest BCUT2D eigenvalue weighted by Gasteiger charge is 2.40. The molecule has 0 aromatic heterocycles. The number of alkyl halides is 3. The normalized spacial score (nSPS) is 12.1. The highest BCUT2D eigenvalue weighted by molar-refractivity contribution is 5.89. The summed E-state index contributed by atoms with van der Waals surface area (Å²) in [7, 11) is 0. The predicted octanol–water partition coefficient (Wildman–Crippen LogP) is 2.64. The predicted molar refractivity (Wildman–Crippen MR) is 92.8 cm³/mol. The second kappa shape index (κ2) is 9.03. The molecule has 2 rings (SSSR count). The molecule has 0 spiro atoms. The van der Waals surface area contributed by atoms with Crippen molar-refractivity contribution in [3.8, 4) is 0 Å². The van der Waals surface area contributed by atoms with Gasteiger partial charge >= 0.3 is 18.1 Å². The van der Waals surface area contributed by atoms with Crippen molar-refractivity contribution in [1.82, 2.24) is 5.32 Å². The number of rotatable bonds is 7. The Kier molecular flexibility index (Phi) is 6.75. The van der Waals surface area contributed by atoms with Gasteiger partial charge in [0.2, 0.25) is 5.91 Å². The average Bonchev–Trinajstić information content (AvgIpc) is 2.65. The van der Waals surface area contributed by atoms with Crippen LogP contribution in [-0.2, 0) is 20.9 Å². The smallest absolute Gasteiger partial charge is 0.457 e. The quantitative estimate of drug-likeness (QED) is 0.706. The fraction of sp³-hybridized carbons (Fsp3) is 0.211. The summed E-state index contributed by atoms with van der Waals surface area (Å²) in [5.74, 6) is -3.70. The molecule has 2 aromatic rings. The molecule has 28 heavy (non-hydrogen) atoms. The number of benzene rings is 2. The van der Waals surface area contributed by atoms with Gasteiger partial charge in [-0.05, 0) is 23.3 Å². The Morgan fingerprint density at radius 1 is 1.00 bits per heavy atom. The van der Waals surface area contributed by atoms with Crippen molar-refractivity contribution >= 4 is 17.8 Å². The van der Waals surface area contributed by atoms with Gasteiger partial charge in [0.1, 0.15) is 6.61 Å². The third-order valence-electron chi connectivity index (χ3n) is 3.73. The molecule has 148 valence electrons. The SMILES string of the molecule is NC(=O)CC(NC(=O)C(F)(F)F)c1ccc(C(=O)OCc2ccccc2)cc1. The minimum atomic E-state index is -5.10. The largest absolute Gasteiger partial charge is 0.471 e. The van der Waals surface area contributed by atoms with Gasteiger partial charge in [0.15, 0.2) is 0 Å². The summed E-state index contributed by atoms with van der Waals surface area (Å²) in [6.07, 6.45) is -5.63. The Morgan fingerprint density at radius 3 is 2.14 bits per heavy atom. The van der Waals surface area contributed by atoms with E-state index < -0.39 is 36.4 Å². The van der Waals surface area contributed by atoms with E-state index in [2.05, 4.69) is 0 Å². The van der Waals surface area contributed by atoms with Gasteiger partial charge in [0.25, 0.3) is 0 Å². The van der Waals surface area contributed by atoms with Crippen molar-refractivity contribution in [2.24, 2.45) is 5.73 Å². The summed E-state index contributed by atoms with van der Waals surface area (Å²) in [4.78, 5) is 34.4. The standard InChI is InChI=1S/C19H17F3N2O4/c20-19(21,22)18(27)24-15(10-16(23)25)13-6-8-14(9-7-13)17(26)28-11-12-4-2-1-3-5-12/h1-9,15H,10-11H2,(H2,23,25)(H,24,27). The lowest BCUT2D eigenvalue weighted by Gasteiger charge is -2.19. The summed E-state index contributed by atoms with van der Waals surface area (Å²) < 4.78 is 42.6. The number of carbonyl (C=O) groups excluding carboxylic acids is 3. The van der Waals surface area contributed by atoms with Gasteiger partial charge in [-0.1, -0.05) is 42.5 Å². The fourth-order valence-electron chi connectivity index (χ4n) is 2.35. The number of amides is 2. The van der Waals surface area contributed by atoms with E-state index in [1.54, 1.807) is 29.6 Å². The molecule has 6 nitrogen and oxygen atoms in total. The molecule has 3 N–H and O–H groups in total. The summed E-state index contributed by atoms with van der Waals surface area (Å²) in [5, 5.41) is 1.72. The Balaban J connectivity index is 2.07. The van der Waals surface area contributed by atoms with Gasteiger partial charge in [0, 0.05) is 0 Å². The number of esters is 1. The van der Waals surface area contributed by atoms with E-state index in [0.29, 0.717) is 0 Å². The van der Waals surface area contributed by atoms with Crippen LogP contribution in [0.2, 0.25) is 0 Å². The average molecular weight is 394 g/mol. The molecule has 1 unspecified atom stereocenters. The summed E-state index contributed by atoms with van der Waals surface area (Å²) in [6, 6.07) is 13.0. The highest BCUT2D eigenvalue weighted by atomic mass is 19.4. The molecule has 0 aliphatic rings. The Bertz CT molecular complexity index is 837. The van der Waals surface area contributed by atoms with Crippen molar-refractivity contribution in [2.45, 2.75) is 25.2 Å². The molecule has 0 aliphatic heterocycles. The van der Waals surface area contributed by atoms with Gasteiger partial charge < -0.3 is 15.8 Å². The van der Waals surface area contributed by atoms with Gasteiger partial charge in [0.05, 0.1) is 18.0 Å². The Labute approximate surface area is 158 Å². The first kappa shape index (κ1) is 20.9. The first-order valence-corrected chi connectivity index (χ1v) is 8.14. The van der Waals surface area contributed by atoms with Gasteiger partial charge in [-0.2, -0.15) is 13.2 Å². The van der Waals surface area contributed by atoms with Crippen LogP contribution in [0.5, 0.6) is 0 Å². The van der Waals surface area contributed by atoms with Crippen molar-refractivity contribution in [2.75, 3.05) is 0 Å². The monoisotopic (exact) mass is 394 g/mol. The van der Waals surface area contributed by atoms with Crippen LogP contribution in [0.3, 0.4) is 0 Å². The molecule has 0 heterocycles. The highest BCUT2D eigenvalue weighted by Crippen LogP contribution is 2.22. The second-order valence-corrected chi connectivity index (χ2v) is 5.88. The van der Waals surface area contributed by atoms with E-state index in [4.69, 9.17) is 10.5 Å². The summed E-state index contributed by atoms with van der Waals surface area (Å²) >= 11 is 0. The number of hydrogen-bond acceptors (Lipinski definition) is 4. The van der Waals surface area contributed by atoms with Crippen LogP contribution >= 0.6 is 0 Å². The fourth-order valence-corrected chi connectivity index (χ4v) is 2.35. The molecule has 0 fully saturated rings. The van der Waals surface area contributed by atoms with Crippen molar-refractivity contribution < 1.29 is 32.3 Å². The molecular weight excluding hydrogens is 377 g/mol. The van der Waals surface area contributed by atoms with Gasteiger partial charge in [-0.25, -0.2) is 4.79 Å². The van der Waals surface area contributed by atoms with E-state index in [1.807, 2.05) is 6.07 Å². The maximum Gasteiger partial charge on any atom is 0.471 e. The molecule has 9 heteroatoms. The van der Waals surface area contributed by atoms with E-state index >= 15 is 0 Å². The number of ether oxygens (including phenoxy) is 1. The van der Waals surface area contributed by atoms with E-state index in [0.717, 1.165) is 5.56 Å². The zero-order valence-electron chi connectivity index (χ0n) is 14.5. The van der Waals surface area contributed by atoms with Crippen LogP contribution in [0.25, 0.3) is 0 Å². The van der Waals surface area contributed by atoms with Crippen LogP contribution in [0.15, 0.2) is 54.6 Å². The molecule has 0 saturated heterocycles. The second-order valence-electron chi connectivity index (χ2n) is 5.88. The number of primary amides is 1. The number of hydrogen-bond donors (Lipinski definition) is 2. The molecule has 0 bridgehead atoms. The van der Waals surface area contributed by atoms with Crippen LogP contribution in [0, 0.1) is 0 Å². The van der Waals surface area contributed by atoms with Crippen LogP contribution < -0.4 is 11.1 Å². The first-order valence-electron chi connectivity index (χ1n) is 8.14. The lowest BCUT2D eigenvalue weighted by atomic mass is 10.0. The number of nitrogens with one attached hydrogen (secondary N) is 1. The van der Waals surface area contributed by atoms with Crippen molar-refractivity contribution in [3.05, 3.63) is 71.3 Å². The third-order valence-corrected chi connectivity index (χ3v) is 3.73. The summed E-state index contributed by atoms with van der Waals surface area (Å²) in [5.41, 5.74) is 6.20. The van der Waals surface area contributed by atoms with Crippen LogP contribution in [0.4, 0.5) is 13.2 Å². The number of halogens is 3. The topological polar surface area (TPSA) is 98.5 Å². The van der Waals surface area contributed by atoms with Crippen molar-refractivity contribution in [3.63, 3.8) is 0 Å². The maximum absolute atomic E-state index is 12.5. The molecule has 2 amide bonds. The molecular formula is C19H17F3N2O4. The Morgan fingerprint density at radius 2 is 1.61 bits per heavy atom. The summed E-state index contributed by atoms with van der Waals surface area (Å²) in [6.45, 7) is 0.0629. The van der Waals surface area contributed by atoms with E-state index in [-0.39, 0.29) is 17.7 Å². The van der Waals surface area contributed by atoms with E-state index in [9.17, 15) is 27.6 Å². The molecule has 1 atom stereocenters. The number of carbonyl (C=O) groups is 3. The van der Waals surface area contributed by atoms with Crippen LogP contribution in [0.1, 0.15) is 33.9 Å². The zero-order valence-corrected chi connectivity index (χ0v) is 14.5. The van der Waals surface area contributed by atoms with Gasteiger partial charge in [-0.15, -0.1) is 0 Å². The first-order chi connectivity index (χ1) is 13.2. The molecule has 0 radical (unpaired) electrons. The van der Waals surface area contributed by atoms with Crippen LogP contribution in [-0.4, -0.2) is 24.0 Å². The van der Waals surface area contributed by atoms with Gasteiger partial charge in [-0.3, -0.25) is 9.59 Å². The zero-order chi connectivity index (χ0) is 20.7. The lowest BCUT2D eigenvalue weighted by molar-refractivity contribution is -0.174. The van der Waals surface area contributed by atoms with Crippen molar-refractivity contribution in [1.29, 1.82) is 0 Å². The minimum Gasteiger partial charge on any atom is -0.457 e. The molecule has 0 aliphatic carbocycles. The minimum absolute atomic E-state index is 0.0629. The Hall–Kier alpha value is -3.36. The maximum atomic E-state index is 12.5.